The first-order chi connectivity index (χ1) is 13.5. The molecule has 1 fully saturated rings. The molecule has 0 atom stereocenters. The second-order valence-electron chi connectivity index (χ2n) is 6.34. The summed E-state index contributed by atoms with van der Waals surface area (Å²) in [7, 11) is 0. The summed E-state index contributed by atoms with van der Waals surface area (Å²) < 4.78 is 33.5. The molecular formula is C20H21F2N3O3. The van der Waals surface area contributed by atoms with Gasteiger partial charge in [-0.1, -0.05) is 18.2 Å². The van der Waals surface area contributed by atoms with Crippen LogP contribution in [-0.4, -0.2) is 44.7 Å². The fourth-order valence-electron chi connectivity index (χ4n) is 3.09. The van der Waals surface area contributed by atoms with Crippen molar-refractivity contribution in [2.24, 2.45) is 0 Å². The maximum absolute atomic E-state index is 14.1. The Balaban J connectivity index is 1.78. The zero-order valence-corrected chi connectivity index (χ0v) is 15.5. The van der Waals surface area contributed by atoms with Gasteiger partial charge in [0.2, 0.25) is 11.8 Å². The van der Waals surface area contributed by atoms with Gasteiger partial charge in [0, 0.05) is 20.0 Å². The number of anilines is 3. The molecule has 0 bridgehead atoms. The predicted octanol–water partition coefficient (Wildman–Crippen LogP) is 2.79. The van der Waals surface area contributed by atoms with E-state index in [1.165, 1.54) is 6.07 Å². The highest BCUT2D eigenvalue weighted by molar-refractivity contribution is 6.03. The third kappa shape index (κ3) is 4.45. The quantitative estimate of drug-likeness (QED) is 0.854. The van der Waals surface area contributed by atoms with Crippen LogP contribution in [0.2, 0.25) is 0 Å². The first-order valence-electron chi connectivity index (χ1n) is 8.91. The molecule has 6 nitrogen and oxygen atoms in total. The van der Waals surface area contributed by atoms with Crippen molar-refractivity contribution in [3.05, 3.63) is 54.1 Å². The lowest BCUT2D eigenvalue weighted by Crippen LogP contribution is -2.39. The smallest absolute Gasteiger partial charge is 0.244 e. The number of carbonyl (C=O) groups excluding carboxylic acids is 2. The van der Waals surface area contributed by atoms with Crippen LogP contribution < -0.4 is 15.1 Å². The first kappa shape index (κ1) is 19.8. The number of benzene rings is 2. The zero-order valence-electron chi connectivity index (χ0n) is 15.5. The van der Waals surface area contributed by atoms with Crippen LogP contribution in [0.25, 0.3) is 0 Å². The molecule has 2 amide bonds. The highest BCUT2D eigenvalue weighted by Crippen LogP contribution is 2.27. The molecule has 0 aliphatic carbocycles. The van der Waals surface area contributed by atoms with Crippen LogP contribution in [-0.2, 0) is 14.3 Å². The Hall–Kier alpha value is -3.00. The van der Waals surface area contributed by atoms with Crippen LogP contribution >= 0.6 is 0 Å². The molecule has 2 aromatic carbocycles. The number of ether oxygens (including phenoxy) is 1. The summed E-state index contributed by atoms with van der Waals surface area (Å²) in [5, 5.41) is 2.74. The van der Waals surface area contributed by atoms with Crippen LogP contribution in [0.3, 0.4) is 0 Å². The Morgan fingerprint density at radius 3 is 2.36 bits per heavy atom. The number of halogens is 2. The average Bonchev–Trinajstić information content (AvgIpc) is 2.68. The fraction of sp³-hybridized carbons (Fsp3) is 0.300. The third-order valence-corrected chi connectivity index (χ3v) is 4.42. The van der Waals surface area contributed by atoms with Crippen molar-refractivity contribution in [2.45, 2.75) is 6.92 Å². The summed E-state index contributed by atoms with van der Waals surface area (Å²) in [4.78, 5) is 27.4. The Morgan fingerprint density at radius 2 is 1.71 bits per heavy atom. The van der Waals surface area contributed by atoms with Crippen LogP contribution in [0.15, 0.2) is 42.5 Å². The summed E-state index contributed by atoms with van der Waals surface area (Å²) in [6, 6.07) is 10.5. The molecule has 1 N–H and O–H groups in total. The van der Waals surface area contributed by atoms with Gasteiger partial charge in [-0.15, -0.1) is 0 Å². The van der Waals surface area contributed by atoms with Crippen LogP contribution in [0.1, 0.15) is 6.92 Å². The number of carbonyl (C=O) groups is 2. The molecule has 0 unspecified atom stereocenters. The summed E-state index contributed by atoms with van der Waals surface area (Å²) in [5.41, 5.74) is 0.851. The van der Waals surface area contributed by atoms with Crippen molar-refractivity contribution in [1.82, 2.24) is 0 Å². The fourth-order valence-corrected chi connectivity index (χ4v) is 3.09. The second kappa shape index (κ2) is 8.79. The lowest BCUT2D eigenvalue weighted by molar-refractivity contribution is -0.120. The van der Waals surface area contributed by atoms with E-state index in [1.54, 1.807) is 12.1 Å². The van der Waals surface area contributed by atoms with Crippen molar-refractivity contribution in [3.8, 4) is 0 Å². The molecule has 0 aromatic heterocycles. The van der Waals surface area contributed by atoms with E-state index in [-0.39, 0.29) is 0 Å². The van der Waals surface area contributed by atoms with Crippen molar-refractivity contribution in [3.63, 3.8) is 0 Å². The summed E-state index contributed by atoms with van der Waals surface area (Å²) in [6.07, 6.45) is 0. The number of morpholine rings is 1. The van der Waals surface area contributed by atoms with Gasteiger partial charge in [-0.25, -0.2) is 8.78 Å². The molecule has 1 aliphatic heterocycles. The molecule has 1 saturated heterocycles. The Kier molecular flexibility index (Phi) is 6.20. The maximum atomic E-state index is 14.1. The highest BCUT2D eigenvalue weighted by Gasteiger charge is 2.23. The second-order valence-corrected chi connectivity index (χ2v) is 6.34. The standard InChI is InChI=1S/C20H21F2N3O3/c1-14(26)25(20-15(21)5-4-6-16(20)22)13-19(27)23-17-7-2-3-8-18(17)24-9-11-28-12-10-24/h2-8H,9-13H2,1H3,(H,23,27). The number of para-hydroxylation sites is 3. The molecule has 2 aromatic rings. The molecule has 8 heteroatoms. The van der Waals surface area contributed by atoms with Gasteiger partial charge in [-0.2, -0.15) is 0 Å². The van der Waals surface area contributed by atoms with Gasteiger partial charge in [0.15, 0.2) is 0 Å². The molecule has 0 spiro atoms. The minimum absolute atomic E-state index is 0.509. The Labute approximate surface area is 161 Å². The zero-order chi connectivity index (χ0) is 20.1. The minimum Gasteiger partial charge on any atom is -0.378 e. The number of nitrogens with zero attached hydrogens (tertiary/aromatic N) is 2. The molecular weight excluding hydrogens is 368 g/mol. The van der Waals surface area contributed by atoms with Crippen LogP contribution in [0.5, 0.6) is 0 Å². The van der Waals surface area contributed by atoms with Gasteiger partial charge < -0.3 is 15.0 Å². The van der Waals surface area contributed by atoms with Gasteiger partial charge in [-0.3, -0.25) is 14.5 Å². The monoisotopic (exact) mass is 389 g/mol. The maximum Gasteiger partial charge on any atom is 0.244 e. The minimum atomic E-state index is -0.906. The molecule has 0 radical (unpaired) electrons. The van der Waals surface area contributed by atoms with E-state index in [2.05, 4.69) is 10.2 Å². The molecule has 3 rings (SSSR count). The van der Waals surface area contributed by atoms with E-state index >= 15 is 0 Å². The highest BCUT2D eigenvalue weighted by atomic mass is 19.1. The molecule has 0 saturated carbocycles. The summed E-state index contributed by atoms with van der Waals surface area (Å²) in [5.74, 6) is -3.01. The molecule has 28 heavy (non-hydrogen) atoms. The first-order valence-corrected chi connectivity index (χ1v) is 8.91. The normalized spacial score (nSPS) is 13.9. The number of hydrogen-bond donors (Lipinski definition) is 1. The number of hydrogen-bond acceptors (Lipinski definition) is 4. The molecule has 148 valence electrons. The molecule has 1 aliphatic rings. The van der Waals surface area contributed by atoms with E-state index in [0.29, 0.717) is 32.0 Å². The lowest BCUT2D eigenvalue weighted by Gasteiger charge is -2.30. The van der Waals surface area contributed by atoms with Gasteiger partial charge in [0.25, 0.3) is 0 Å². The van der Waals surface area contributed by atoms with E-state index in [9.17, 15) is 18.4 Å². The van der Waals surface area contributed by atoms with Crippen LogP contribution in [0, 0.1) is 11.6 Å². The Morgan fingerprint density at radius 1 is 1.07 bits per heavy atom. The summed E-state index contributed by atoms with van der Waals surface area (Å²) >= 11 is 0. The van der Waals surface area contributed by atoms with Gasteiger partial charge >= 0.3 is 0 Å². The van der Waals surface area contributed by atoms with Gasteiger partial charge in [0.1, 0.15) is 23.9 Å². The molecule has 1 heterocycles. The van der Waals surface area contributed by atoms with Crippen molar-refractivity contribution in [1.29, 1.82) is 0 Å². The van der Waals surface area contributed by atoms with Crippen molar-refractivity contribution in [2.75, 3.05) is 48.0 Å². The van der Waals surface area contributed by atoms with Gasteiger partial charge in [-0.05, 0) is 24.3 Å². The average molecular weight is 389 g/mol. The van der Waals surface area contributed by atoms with E-state index in [4.69, 9.17) is 4.74 Å². The van der Waals surface area contributed by atoms with E-state index in [0.717, 1.165) is 29.6 Å². The van der Waals surface area contributed by atoms with Crippen molar-refractivity contribution < 1.29 is 23.1 Å². The number of amides is 2. The van der Waals surface area contributed by atoms with E-state index in [1.807, 2.05) is 12.1 Å². The topological polar surface area (TPSA) is 61.9 Å². The third-order valence-electron chi connectivity index (χ3n) is 4.42. The van der Waals surface area contributed by atoms with E-state index < -0.39 is 35.7 Å². The number of nitrogens with one attached hydrogen (secondary N) is 1. The SMILES string of the molecule is CC(=O)N(CC(=O)Nc1ccccc1N1CCOCC1)c1c(F)cccc1F. The lowest BCUT2D eigenvalue weighted by atomic mass is 10.2. The summed E-state index contributed by atoms with van der Waals surface area (Å²) in [6.45, 7) is 3.20. The predicted molar refractivity (Wildman–Crippen MR) is 102 cm³/mol. The van der Waals surface area contributed by atoms with Crippen molar-refractivity contribution >= 4 is 28.9 Å². The largest absolute Gasteiger partial charge is 0.378 e. The number of rotatable bonds is 5. The van der Waals surface area contributed by atoms with Gasteiger partial charge in [0.05, 0.1) is 24.6 Å². The van der Waals surface area contributed by atoms with Crippen LogP contribution in [0.4, 0.5) is 25.8 Å². The Bertz CT molecular complexity index is 849.